The maximum Gasteiger partial charge on any atom is 0.252 e. The Morgan fingerprint density at radius 3 is 1.22 bits per heavy atom. The molecule has 0 bridgehead atoms. The van der Waals surface area contributed by atoms with Crippen molar-refractivity contribution < 1.29 is 0 Å². The second-order valence-corrected chi connectivity index (χ2v) is 35.1. The lowest BCUT2D eigenvalue weighted by atomic mass is 9.33. The third-order valence-electron chi connectivity index (χ3n) is 26.1. The highest BCUT2D eigenvalue weighted by Crippen LogP contribution is 2.60. The number of para-hydroxylation sites is 4. The molecular formula is C114H89BN4. The van der Waals surface area contributed by atoms with Crippen molar-refractivity contribution in [1.82, 2.24) is 4.57 Å². The van der Waals surface area contributed by atoms with Crippen molar-refractivity contribution in [2.75, 3.05) is 14.7 Å². The molecular weight excluding hydrogens is 1440 g/mol. The molecule has 4 aliphatic carbocycles. The highest BCUT2D eigenvalue weighted by molar-refractivity contribution is 7.00. The molecule has 6 aliphatic rings. The van der Waals surface area contributed by atoms with E-state index in [-0.39, 0.29) is 29.4 Å². The standard InChI is InChI=1S/C114H89BN4/c1-113(2,3)86-65-83-51-52-84-66-87(114(4,5)6)70-99-98(68-85(67-86)108(83)109(84)99)82-57-63-100-104(69-82)118(111-92(78-35-17-9-18-36-78)45-29-46-93(111)79-37-19-10-20-38-79)106-72-91(116(88-58-53-76(54-59-88)74-31-13-7-14-32-74)89-60-55-77(56-61-89)75-33-15-8-16-34-75)73-107-110(106)115(100)101-64-62-90(117-102-49-27-25-43-96(102)97-44-26-28-50-103(97)117)71-105(101)119(107)112-94(80-39-21-11-22-40-80)47-30-48-95(112)81-41-23-12-24-42-81/h7-65,67-73,84,108-109H,66H2,1-6H3. The van der Waals surface area contributed by atoms with Crippen LogP contribution in [-0.2, 0) is 0 Å². The van der Waals surface area contributed by atoms with Crippen LogP contribution in [0.5, 0.6) is 0 Å². The van der Waals surface area contributed by atoms with Gasteiger partial charge in [-0.15, -0.1) is 0 Å². The number of hydrogen-bond donors (Lipinski definition) is 0. The third-order valence-corrected chi connectivity index (χ3v) is 26.1. The van der Waals surface area contributed by atoms with Crippen LogP contribution in [0.25, 0.3) is 99.8 Å². The van der Waals surface area contributed by atoms with E-state index in [4.69, 9.17) is 0 Å². The normalized spacial score (nSPS) is 16.3. The SMILES string of the molecule is CC(C)(C)C1=CC2=CC(c3ccc4c(c3)N(c3c(-c5ccccc5)cccc3-c3ccccc3)c3cc(N(c5ccc(-c6ccccc6)cc5)c5ccc(-c6ccccc6)cc5)cc5c3B4c3ccc(-n4c6ccccc6c6ccccc64)cc3N5c3c(-c4ccccc4)cccc3-c3ccccc3)=C3C=C(C(C)(C)C)CC4C=CC(=C1)C2C34. The number of aromatic nitrogens is 1. The molecule has 0 N–H and O–H groups in total. The zero-order chi connectivity index (χ0) is 79.8. The van der Waals surface area contributed by atoms with Gasteiger partial charge in [-0.1, -0.05) is 381 Å². The Bertz CT molecular complexity index is 6680. The van der Waals surface area contributed by atoms with E-state index >= 15 is 0 Å². The molecule has 0 amide bonds. The summed E-state index contributed by atoms with van der Waals surface area (Å²) in [7, 11) is 0. The largest absolute Gasteiger partial charge is 0.310 e. The first-order valence-corrected chi connectivity index (χ1v) is 42.2. The van der Waals surface area contributed by atoms with Crippen LogP contribution in [0.4, 0.5) is 51.2 Å². The molecule has 2 aliphatic heterocycles. The molecule has 5 heteroatoms. The van der Waals surface area contributed by atoms with E-state index in [0.29, 0.717) is 5.92 Å². The molecule has 3 heterocycles. The number of rotatable bonds is 13. The van der Waals surface area contributed by atoms with Crippen molar-refractivity contribution in [3.63, 3.8) is 0 Å². The lowest BCUT2D eigenvalue weighted by Crippen LogP contribution is -2.61. The Kier molecular flexibility index (Phi) is 17.1. The molecule has 3 unspecified atom stereocenters. The quantitative estimate of drug-likeness (QED) is 0.107. The molecule has 0 radical (unpaired) electrons. The van der Waals surface area contributed by atoms with Crippen LogP contribution in [0.1, 0.15) is 53.5 Å². The monoisotopic (exact) mass is 1520 g/mol. The summed E-state index contributed by atoms with van der Waals surface area (Å²) >= 11 is 0. The van der Waals surface area contributed by atoms with Gasteiger partial charge in [-0.25, -0.2) is 0 Å². The van der Waals surface area contributed by atoms with Gasteiger partial charge in [0.1, 0.15) is 0 Å². The number of nitrogens with zero attached hydrogens (tertiary/aromatic N) is 4. The number of allylic oxidation sites excluding steroid dienone is 12. The van der Waals surface area contributed by atoms with Gasteiger partial charge in [0.15, 0.2) is 0 Å². The highest BCUT2D eigenvalue weighted by Gasteiger charge is 2.49. The predicted molar refractivity (Wildman–Crippen MR) is 504 cm³/mol. The van der Waals surface area contributed by atoms with Gasteiger partial charge in [0.2, 0.25) is 0 Å². The zero-order valence-electron chi connectivity index (χ0n) is 67.9. The van der Waals surface area contributed by atoms with E-state index in [1.165, 1.54) is 77.3 Å². The summed E-state index contributed by atoms with van der Waals surface area (Å²) in [6, 6.07) is 137. The molecule has 1 aromatic heterocycles. The van der Waals surface area contributed by atoms with Crippen molar-refractivity contribution in [1.29, 1.82) is 0 Å². The average molecular weight is 1530 g/mol. The van der Waals surface area contributed by atoms with Crippen LogP contribution < -0.4 is 31.1 Å². The second kappa shape index (κ2) is 28.4. The number of hydrogen-bond acceptors (Lipinski definition) is 3. The zero-order valence-corrected chi connectivity index (χ0v) is 67.9. The maximum atomic E-state index is 2.75. The highest BCUT2D eigenvalue weighted by atomic mass is 15.2. The Morgan fingerprint density at radius 1 is 0.336 bits per heavy atom. The van der Waals surface area contributed by atoms with Crippen molar-refractivity contribution >= 4 is 102 Å². The molecule has 568 valence electrons. The molecule has 0 fully saturated rings. The fraction of sp³-hybridized carbons (Fsp3) is 0.105. The predicted octanol–water partition coefficient (Wildman–Crippen LogP) is 28.7. The van der Waals surface area contributed by atoms with Gasteiger partial charge < -0.3 is 19.3 Å². The molecule has 15 aromatic carbocycles. The maximum absolute atomic E-state index is 2.75. The summed E-state index contributed by atoms with van der Waals surface area (Å²) < 4.78 is 2.51. The summed E-state index contributed by atoms with van der Waals surface area (Å²) in [5.74, 6) is 0.863. The Labute approximate surface area is 699 Å². The molecule has 119 heavy (non-hydrogen) atoms. The lowest BCUT2D eigenvalue weighted by Gasteiger charge is -2.48. The van der Waals surface area contributed by atoms with Crippen LogP contribution in [0.2, 0.25) is 0 Å². The molecule has 4 nitrogen and oxygen atoms in total. The minimum Gasteiger partial charge on any atom is -0.310 e. The number of anilines is 9. The van der Waals surface area contributed by atoms with Gasteiger partial charge in [0, 0.05) is 84.7 Å². The van der Waals surface area contributed by atoms with Gasteiger partial charge in [-0.3, -0.25) is 0 Å². The van der Waals surface area contributed by atoms with E-state index in [0.717, 1.165) is 130 Å². The van der Waals surface area contributed by atoms with Gasteiger partial charge in [-0.05, 0) is 184 Å². The van der Waals surface area contributed by atoms with E-state index < -0.39 is 0 Å². The number of fused-ring (bicyclic) bond motifs is 7. The Morgan fingerprint density at radius 2 is 0.756 bits per heavy atom. The smallest absolute Gasteiger partial charge is 0.252 e. The van der Waals surface area contributed by atoms with Gasteiger partial charge in [0.25, 0.3) is 6.71 Å². The van der Waals surface area contributed by atoms with Crippen LogP contribution >= 0.6 is 0 Å². The van der Waals surface area contributed by atoms with E-state index in [2.05, 4.69) is 461 Å². The fourth-order valence-electron chi connectivity index (χ4n) is 20.4. The van der Waals surface area contributed by atoms with Crippen molar-refractivity contribution in [2.24, 2.45) is 28.6 Å². The van der Waals surface area contributed by atoms with Gasteiger partial charge in [-0.2, -0.15) is 0 Å². The fourth-order valence-corrected chi connectivity index (χ4v) is 20.4. The minimum absolute atomic E-state index is 0.0431. The molecule has 0 spiro atoms. The van der Waals surface area contributed by atoms with Crippen molar-refractivity contribution in [2.45, 2.75) is 48.0 Å². The summed E-state index contributed by atoms with van der Waals surface area (Å²) in [5, 5.41) is 2.43. The summed E-state index contributed by atoms with van der Waals surface area (Å²) in [6.07, 6.45) is 16.5. The van der Waals surface area contributed by atoms with Gasteiger partial charge in [0.05, 0.1) is 28.1 Å². The van der Waals surface area contributed by atoms with Crippen LogP contribution in [0, 0.1) is 28.6 Å². The van der Waals surface area contributed by atoms with Crippen LogP contribution in [0.3, 0.4) is 0 Å². The second-order valence-electron chi connectivity index (χ2n) is 35.1. The van der Waals surface area contributed by atoms with Crippen LogP contribution in [-0.4, -0.2) is 11.3 Å². The van der Waals surface area contributed by atoms with Gasteiger partial charge >= 0.3 is 0 Å². The first-order valence-electron chi connectivity index (χ1n) is 42.2. The minimum atomic E-state index is -0.310. The molecule has 0 saturated carbocycles. The van der Waals surface area contributed by atoms with E-state index in [1.54, 1.807) is 0 Å². The molecule has 22 rings (SSSR count). The summed E-state index contributed by atoms with van der Waals surface area (Å²) in [6.45, 7) is 14.1. The van der Waals surface area contributed by atoms with E-state index in [9.17, 15) is 0 Å². The third kappa shape index (κ3) is 12.1. The summed E-state index contributed by atoms with van der Waals surface area (Å²) in [4.78, 5) is 8.00. The van der Waals surface area contributed by atoms with Crippen LogP contribution in [0.15, 0.2) is 428 Å². The van der Waals surface area contributed by atoms with E-state index in [1.807, 2.05) is 0 Å². The average Bonchev–Trinajstić information content (AvgIpc) is 0.864. The molecule has 3 atom stereocenters. The first kappa shape index (κ1) is 71.5. The lowest BCUT2D eigenvalue weighted by molar-refractivity contribution is 0.329. The van der Waals surface area contributed by atoms with Crippen molar-refractivity contribution in [3.05, 3.63) is 434 Å². The Balaban J connectivity index is 0.911. The van der Waals surface area contributed by atoms with Crippen molar-refractivity contribution in [3.8, 4) is 72.4 Å². The molecule has 0 saturated heterocycles. The number of benzene rings is 15. The molecule has 16 aromatic rings. The Hall–Kier alpha value is -14.0. The first-order chi connectivity index (χ1) is 58.3. The summed E-state index contributed by atoms with van der Waals surface area (Å²) in [5.41, 5.74) is 39.9. The topological polar surface area (TPSA) is 14.7 Å².